The van der Waals surface area contributed by atoms with Crippen molar-refractivity contribution >= 4 is 28.6 Å². The standard InChI is InChI=1S/C15H20N4S/c1-11-8-13-9-12(2-3-14(13)18-11)10-17-15(16)19-4-6-20-7-5-19/h2-3,8-9,18H,4-7,10H2,1H3,(H2,16,17). The van der Waals surface area contributed by atoms with Crippen molar-refractivity contribution in [3.63, 3.8) is 0 Å². The molecular weight excluding hydrogens is 268 g/mol. The predicted octanol–water partition coefficient (Wildman–Crippen LogP) is 2.34. The van der Waals surface area contributed by atoms with E-state index in [1.54, 1.807) is 0 Å². The second-order valence-corrected chi connectivity index (χ2v) is 6.37. The van der Waals surface area contributed by atoms with Gasteiger partial charge in [-0.1, -0.05) is 6.07 Å². The first-order valence-electron chi connectivity index (χ1n) is 6.93. The van der Waals surface area contributed by atoms with Gasteiger partial charge in [0.05, 0.1) is 6.54 Å². The number of nitrogens with zero attached hydrogens (tertiary/aromatic N) is 2. The minimum absolute atomic E-state index is 0.648. The summed E-state index contributed by atoms with van der Waals surface area (Å²) in [6.45, 7) is 4.74. The molecule has 0 saturated carbocycles. The summed E-state index contributed by atoms with van der Waals surface area (Å²) in [6.07, 6.45) is 0. The molecule has 1 saturated heterocycles. The summed E-state index contributed by atoms with van der Waals surface area (Å²) in [5.41, 5.74) is 9.64. The molecule has 1 aliphatic heterocycles. The molecule has 106 valence electrons. The molecule has 0 bridgehead atoms. The van der Waals surface area contributed by atoms with Crippen molar-refractivity contribution in [2.45, 2.75) is 13.5 Å². The van der Waals surface area contributed by atoms with E-state index >= 15 is 0 Å². The Bertz CT molecular complexity index is 626. The molecule has 5 heteroatoms. The first-order valence-corrected chi connectivity index (χ1v) is 8.09. The van der Waals surface area contributed by atoms with Gasteiger partial charge < -0.3 is 15.6 Å². The molecule has 0 atom stereocenters. The fourth-order valence-corrected chi connectivity index (χ4v) is 3.39. The van der Waals surface area contributed by atoms with E-state index in [9.17, 15) is 0 Å². The molecule has 1 fully saturated rings. The van der Waals surface area contributed by atoms with Gasteiger partial charge >= 0.3 is 0 Å². The minimum atomic E-state index is 0.648. The molecule has 0 amide bonds. The Labute approximate surface area is 123 Å². The van der Waals surface area contributed by atoms with Crippen LogP contribution < -0.4 is 5.73 Å². The number of aliphatic imine (C=N–C) groups is 1. The van der Waals surface area contributed by atoms with Crippen LogP contribution in [-0.4, -0.2) is 40.4 Å². The van der Waals surface area contributed by atoms with Crippen LogP contribution in [-0.2, 0) is 6.54 Å². The average molecular weight is 288 g/mol. The molecule has 0 radical (unpaired) electrons. The maximum Gasteiger partial charge on any atom is 0.191 e. The number of nitrogens with one attached hydrogen (secondary N) is 1. The number of hydrogen-bond donors (Lipinski definition) is 2. The molecule has 0 aliphatic carbocycles. The Morgan fingerprint density at radius 1 is 1.35 bits per heavy atom. The first-order chi connectivity index (χ1) is 9.72. The Morgan fingerprint density at radius 3 is 2.95 bits per heavy atom. The van der Waals surface area contributed by atoms with Crippen LogP contribution in [0.4, 0.5) is 0 Å². The van der Waals surface area contributed by atoms with E-state index in [-0.39, 0.29) is 0 Å². The van der Waals surface area contributed by atoms with Crippen LogP contribution in [0.2, 0.25) is 0 Å². The zero-order valence-corrected chi connectivity index (χ0v) is 12.5. The van der Waals surface area contributed by atoms with E-state index in [0.717, 1.165) is 24.6 Å². The molecule has 3 rings (SSSR count). The first kappa shape index (κ1) is 13.4. The highest BCUT2D eigenvalue weighted by Crippen LogP contribution is 2.17. The van der Waals surface area contributed by atoms with Gasteiger partial charge in [-0.2, -0.15) is 11.8 Å². The van der Waals surface area contributed by atoms with Crippen LogP contribution in [0, 0.1) is 6.92 Å². The van der Waals surface area contributed by atoms with Gasteiger partial charge in [0.1, 0.15) is 0 Å². The summed E-state index contributed by atoms with van der Waals surface area (Å²) >= 11 is 1.98. The fraction of sp³-hybridized carbons (Fsp3) is 0.400. The third-order valence-electron chi connectivity index (χ3n) is 3.58. The van der Waals surface area contributed by atoms with Crippen molar-refractivity contribution in [3.05, 3.63) is 35.5 Å². The summed E-state index contributed by atoms with van der Waals surface area (Å²) in [6, 6.07) is 8.57. The normalized spacial score (nSPS) is 16.9. The largest absolute Gasteiger partial charge is 0.370 e. The van der Waals surface area contributed by atoms with Gasteiger partial charge in [0.25, 0.3) is 0 Å². The highest BCUT2D eigenvalue weighted by atomic mass is 32.2. The van der Waals surface area contributed by atoms with E-state index in [1.807, 2.05) is 11.8 Å². The summed E-state index contributed by atoms with van der Waals surface area (Å²) in [5, 5.41) is 1.24. The number of hydrogen-bond acceptors (Lipinski definition) is 2. The number of nitrogens with two attached hydrogens (primary N) is 1. The zero-order valence-electron chi connectivity index (χ0n) is 11.7. The van der Waals surface area contributed by atoms with Crippen molar-refractivity contribution in [3.8, 4) is 0 Å². The number of aromatic nitrogens is 1. The molecular formula is C15H20N4S. The van der Waals surface area contributed by atoms with Gasteiger partial charge in [-0.05, 0) is 36.1 Å². The molecule has 1 aliphatic rings. The quantitative estimate of drug-likeness (QED) is 0.659. The van der Waals surface area contributed by atoms with Crippen LogP contribution in [0.15, 0.2) is 29.3 Å². The Kier molecular flexibility index (Phi) is 3.87. The van der Waals surface area contributed by atoms with Crippen molar-refractivity contribution in [2.75, 3.05) is 24.6 Å². The van der Waals surface area contributed by atoms with Gasteiger partial charge in [-0.25, -0.2) is 4.99 Å². The van der Waals surface area contributed by atoms with Crippen LogP contribution in [0.25, 0.3) is 10.9 Å². The number of guanidine groups is 1. The van der Waals surface area contributed by atoms with Crippen molar-refractivity contribution in [1.29, 1.82) is 0 Å². The van der Waals surface area contributed by atoms with Crippen LogP contribution >= 0.6 is 11.8 Å². The maximum absolute atomic E-state index is 6.07. The van der Waals surface area contributed by atoms with Crippen LogP contribution in [0.1, 0.15) is 11.3 Å². The van der Waals surface area contributed by atoms with E-state index in [0.29, 0.717) is 12.5 Å². The topological polar surface area (TPSA) is 57.4 Å². The van der Waals surface area contributed by atoms with Gasteiger partial charge in [0, 0.05) is 35.8 Å². The van der Waals surface area contributed by atoms with Crippen LogP contribution in [0.3, 0.4) is 0 Å². The molecule has 3 N–H and O–H groups in total. The molecule has 1 aromatic heterocycles. The maximum atomic E-state index is 6.07. The molecule has 20 heavy (non-hydrogen) atoms. The third-order valence-corrected chi connectivity index (χ3v) is 4.52. The number of aryl methyl sites for hydroxylation is 1. The highest BCUT2D eigenvalue weighted by molar-refractivity contribution is 7.99. The number of thioether (sulfide) groups is 1. The van der Waals surface area contributed by atoms with Crippen LogP contribution in [0.5, 0.6) is 0 Å². The van der Waals surface area contributed by atoms with Gasteiger partial charge in [0.15, 0.2) is 5.96 Å². The highest BCUT2D eigenvalue weighted by Gasteiger charge is 2.11. The number of fused-ring (bicyclic) bond motifs is 1. The second kappa shape index (κ2) is 5.79. The second-order valence-electron chi connectivity index (χ2n) is 5.15. The third kappa shape index (κ3) is 2.93. The van der Waals surface area contributed by atoms with E-state index in [1.165, 1.54) is 22.2 Å². The average Bonchev–Trinajstić information content (AvgIpc) is 2.85. The molecule has 2 aromatic rings. The zero-order chi connectivity index (χ0) is 13.9. The molecule has 1 aromatic carbocycles. The van der Waals surface area contributed by atoms with Crippen molar-refractivity contribution in [1.82, 2.24) is 9.88 Å². The fourth-order valence-electron chi connectivity index (χ4n) is 2.49. The number of aromatic amines is 1. The predicted molar refractivity (Wildman–Crippen MR) is 87.3 cm³/mol. The summed E-state index contributed by atoms with van der Waals surface area (Å²) < 4.78 is 0. The summed E-state index contributed by atoms with van der Waals surface area (Å²) in [7, 11) is 0. The van der Waals surface area contributed by atoms with E-state index in [4.69, 9.17) is 5.73 Å². The monoisotopic (exact) mass is 288 g/mol. The SMILES string of the molecule is Cc1cc2cc(CN=C(N)N3CCSCC3)ccc2[nH]1. The number of benzene rings is 1. The number of rotatable bonds is 2. The summed E-state index contributed by atoms with van der Waals surface area (Å²) in [4.78, 5) is 10.0. The molecule has 0 spiro atoms. The van der Waals surface area contributed by atoms with Crippen molar-refractivity contribution in [2.24, 2.45) is 10.7 Å². The smallest absolute Gasteiger partial charge is 0.191 e. The molecule has 2 heterocycles. The molecule has 0 unspecified atom stereocenters. The lowest BCUT2D eigenvalue weighted by Gasteiger charge is -2.27. The lowest BCUT2D eigenvalue weighted by molar-refractivity contribution is 0.455. The number of H-pyrrole nitrogens is 1. The molecule has 4 nitrogen and oxygen atoms in total. The van der Waals surface area contributed by atoms with Gasteiger partial charge in [-0.15, -0.1) is 0 Å². The van der Waals surface area contributed by atoms with E-state index in [2.05, 4.69) is 46.1 Å². The van der Waals surface area contributed by atoms with Crippen molar-refractivity contribution < 1.29 is 0 Å². The lowest BCUT2D eigenvalue weighted by atomic mass is 10.1. The minimum Gasteiger partial charge on any atom is -0.370 e. The lowest BCUT2D eigenvalue weighted by Crippen LogP contribution is -2.42. The Balaban J connectivity index is 1.71. The van der Waals surface area contributed by atoms with Gasteiger partial charge in [0.2, 0.25) is 0 Å². The van der Waals surface area contributed by atoms with Gasteiger partial charge in [-0.3, -0.25) is 0 Å². The van der Waals surface area contributed by atoms with E-state index < -0.39 is 0 Å². The Morgan fingerprint density at radius 2 is 2.15 bits per heavy atom. The summed E-state index contributed by atoms with van der Waals surface area (Å²) in [5.74, 6) is 2.96. The Hall–Kier alpha value is -1.62.